The summed E-state index contributed by atoms with van der Waals surface area (Å²) < 4.78 is 1.79. The molecule has 0 saturated carbocycles. The number of rotatable bonds is 4. The lowest BCUT2D eigenvalue weighted by Crippen LogP contribution is -2.30. The first kappa shape index (κ1) is 12.0. The molecule has 96 valence electrons. The van der Waals surface area contributed by atoms with E-state index in [0.29, 0.717) is 0 Å². The van der Waals surface area contributed by atoms with Crippen LogP contribution in [-0.2, 0) is 0 Å². The molecule has 6 heteroatoms. The number of hydrogen-bond acceptors (Lipinski definition) is 5. The van der Waals surface area contributed by atoms with E-state index in [1.54, 1.807) is 22.2 Å². The quantitative estimate of drug-likeness (QED) is 0.561. The maximum Gasteiger partial charge on any atom is 0.0907 e. The molecule has 3 aromatic rings. The standard InChI is InChI=1S/C13H13N5S/c14-16-13(10-6-7-19-9-10)12-8-15-17-18(12)11-4-2-1-3-5-11/h1-9,13,16H,14H2. The number of nitrogens with one attached hydrogen (secondary N) is 1. The molecule has 1 atom stereocenters. The molecule has 0 aliphatic carbocycles. The summed E-state index contributed by atoms with van der Waals surface area (Å²) in [6.45, 7) is 0. The van der Waals surface area contributed by atoms with Crippen molar-refractivity contribution < 1.29 is 0 Å². The second-order valence-corrected chi connectivity index (χ2v) is 4.84. The van der Waals surface area contributed by atoms with E-state index in [9.17, 15) is 0 Å². The van der Waals surface area contributed by atoms with Gasteiger partial charge in [-0.05, 0) is 34.5 Å². The van der Waals surface area contributed by atoms with E-state index >= 15 is 0 Å². The summed E-state index contributed by atoms with van der Waals surface area (Å²) in [5, 5.41) is 12.2. The molecule has 1 unspecified atom stereocenters. The molecule has 2 heterocycles. The van der Waals surface area contributed by atoms with E-state index in [-0.39, 0.29) is 6.04 Å². The van der Waals surface area contributed by atoms with Crippen molar-refractivity contribution in [2.24, 2.45) is 5.84 Å². The minimum absolute atomic E-state index is 0.124. The zero-order chi connectivity index (χ0) is 13.1. The van der Waals surface area contributed by atoms with Gasteiger partial charge in [-0.1, -0.05) is 23.4 Å². The molecule has 0 bridgehead atoms. The molecule has 19 heavy (non-hydrogen) atoms. The number of hydrogen-bond donors (Lipinski definition) is 2. The Hall–Kier alpha value is -2.02. The first-order chi connectivity index (χ1) is 9.40. The van der Waals surface area contributed by atoms with Crippen molar-refractivity contribution in [3.63, 3.8) is 0 Å². The van der Waals surface area contributed by atoms with E-state index in [4.69, 9.17) is 5.84 Å². The van der Waals surface area contributed by atoms with Gasteiger partial charge in [0.1, 0.15) is 0 Å². The van der Waals surface area contributed by atoms with Gasteiger partial charge < -0.3 is 0 Å². The van der Waals surface area contributed by atoms with Crippen molar-refractivity contribution in [3.8, 4) is 5.69 Å². The first-order valence-electron chi connectivity index (χ1n) is 5.84. The maximum atomic E-state index is 5.69. The fourth-order valence-corrected chi connectivity index (χ4v) is 2.69. The highest BCUT2D eigenvalue weighted by Gasteiger charge is 2.18. The van der Waals surface area contributed by atoms with Gasteiger partial charge in [-0.2, -0.15) is 11.3 Å². The predicted octanol–water partition coefficient (Wildman–Crippen LogP) is 1.88. The van der Waals surface area contributed by atoms with Gasteiger partial charge in [0.2, 0.25) is 0 Å². The Morgan fingerprint density at radius 3 is 2.74 bits per heavy atom. The highest BCUT2D eigenvalue weighted by atomic mass is 32.1. The van der Waals surface area contributed by atoms with E-state index in [1.165, 1.54) is 0 Å². The predicted molar refractivity (Wildman–Crippen MR) is 74.8 cm³/mol. The largest absolute Gasteiger partial charge is 0.271 e. The second-order valence-electron chi connectivity index (χ2n) is 4.06. The molecule has 5 nitrogen and oxygen atoms in total. The smallest absolute Gasteiger partial charge is 0.0907 e. The third-order valence-corrected chi connectivity index (χ3v) is 3.62. The summed E-state index contributed by atoms with van der Waals surface area (Å²) in [4.78, 5) is 0. The fraction of sp³-hybridized carbons (Fsp3) is 0.0769. The SMILES string of the molecule is NNC(c1ccsc1)c1cnnn1-c1ccccc1. The highest BCUT2D eigenvalue weighted by molar-refractivity contribution is 7.08. The van der Waals surface area contributed by atoms with Gasteiger partial charge in [-0.25, -0.2) is 10.1 Å². The number of benzene rings is 1. The molecule has 2 aromatic heterocycles. The van der Waals surface area contributed by atoms with Gasteiger partial charge in [0.15, 0.2) is 0 Å². The van der Waals surface area contributed by atoms with Gasteiger partial charge in [-0.3, -0.25) is 5.84 Å². The van der Waals surface area contributed by atoms with Crippen LogP contribution < -0.4 is 11.3 Å². The number of nitrogens with two attached hydrogens (primary N) is 1. The Bertz CT molecular complexity index is 632. The molecule has 0 spiro atoms. The summed E-state index contributed by atoms with van der Waals surface area (Å²) in [7, 11) is 0. The van der Waals surface area contributed by atoms with Crippen molar-refractivity contribution in [1.29, 1.82) is 0 Å². The zero-order valence-electron chi connectivity index (χ0n) is 10.1. The van der Waals surface area contributed by atoms with E-state index in [2.05, 4.69) is 21.1 Å². The van der Waals surface area contributed by atoms with Crippen LogP contribution in [0.1, 0.15) is 17.3 Å². The lowest BCUT2D eigenvalue weighted by molar-refractivity contribution is 0.597. The maximum absolute atomic E-state index is 5.69. The number of nitrogens with zero attached hydrogens (tertiary/aromatic N) is 3. The van der Waals surface area contributed by atoms with Crippen LogP contribution in [-0.4, -0.2) is 15.0 Å². The lowest BCUT2D eigenvalue weighted by Gasteiger charge is -2.15. The van der Waals surface area contributed by atoms with Crippen molar-refractivity contribution >= 4 is 11.3 Å². The van der Waals surface area contributed by atoms with Crippen LogP contribution in [0.3, 0.4) is 0 Å². The van der Waals surface area contributed by atoms with Gasteiger partial charge in [0.25, 0.3) is 0 Å². The summed E-state index contributed by atoms with van der Waals surface area (Å²) in [5.74, 6) is 5.69. The van der Waals surface area contributed by atoms with E-state index < -0.39 is 0 Å². The monoisotopic (exact) mass is 271 g/mol. The number of thiophene rings is 1. The van der Waals surface area contributed by atoms with Gasteiger partial charge in [-0.15, -0.1) is 5.10 Å². The Morgan fingerprint density at radius 2 is 2.05 bits per heavy atom. The summed E-state index contributed by atoms with van der Waals surface area (Å²) in [6.07, 6.45) is 1.73. The third-order valence-electron chi connectivity index (χ3n) is 2.92. The average molecular weight is 271 g/mol. The molecule has 3 rings (SSSR count). The highest BCUT2D eigenvalue weighted by Crippen LogP contribution is 2.24. The molecular formula is C13H13N5S. The molecular weight excluding hydrogens is 258 g/mol. The minimum atomic E-state index is -0.124. The molecule has 0 amide bonds. The van der Waals surface area contributed by atoms with Crippen LogP contribution in [0, 0.1) is 0 Å². The van der Waals surface area contributed by atoms with Crippen LogP contribution in [0.5, 0.6) is 0 Å². The van der Waals surface area contributed by atoms with Crippen LogP contribution in [0.25, 0.3) is 5.69 Å². The second kappa shape index (κ2) is 5.31. The summed E-state index contributed by atoms with van der Waals surface area (Å²) in [5.41, 5.74) is 5.80. The molecule has 0 saturated heterocycles. The summed E-state index contributed by atoms with van der Waals surface area (Å²) in [6, 6.07) is 11.8. The molecule has 1 aromatic carbocycles. The van der Waals surface area contributed by atoms with Crippen molar-refractivity contribution in [2.75, 3.05) is 0 Å². The van der Waals surface area contributed by atoms with Crippen molar-refractivity contribution in [3.05, 3.63) is 64.6 Å². The van der Waals surface area contributed by atoms with Crippen LogP contribution >= 0.6 is 11.3 Å². The van der Waals surface area contributed by atoms with Crippen LogP contribution in [0.4, 0.5) is 0 Å². The van der Waals surface area contributed by atoms with Crippen LogP contribution in [0.2, 0.25) is 0 Å². The third kappa shape index (κ3) is 2.28. The number of hydrazine groups is 1. The van der Waals surface area contributed by atoms with Crippen molar-refractivity contribution in [2.45, 2.75) is 6.04 Å². The topological polar surface area (TPSA) is 68.8 Å². The molecule has 0 aliphatic heterocycles. The molecule has 0 aliphatic rings. The number of para-hydroxylation sites is 1. The Kier molecular flexibility index (Phi) is 3.37. The molecule has 3 N–H and O–H groups in total. The summed E-state index contributed by atoms with van der Waals surface area (Å²) >= 11 is 1.64. The van der Waals surface area contributed by atoms with Gasteiger partial charge in [0, 0.05) is 0 Å². The van der Waals surface area contributed by atoms with Crippen molar-refractivity contribution in [1.82, 2.24) is 20.4 Å². The average Bonchev–Trinajstić information content (AvgIpc) is 3.12. The Labute approximate surface area is 114 Å². The van der Waals surface area contributed by atoms with Gasteiger partial charge in [0.05, 0.1) is 23.6 Å². The number of aromatic nitrogens is 3. The minimum Gasteiger partial charge on any atom is -0.271 e. The van der Waals surface area contributed by atoms with Gasteiger partial charge >= 0.3 is 0 Å². The zero-order valence-corrected chi connectivity index (χ0v) is 10.9. The van der Waals surface area contributed by atoms with Crippen LogP contribution in [0.15, 0.2) is 53.4 Å². The molecule has 0 fully saturated rings. The van der Waals surface area contributed by atoms with E-state index in [1.807, 2.05) is 41.8 Å². The normalized spacial score (nSPS) is 12.5. The Morgan fingerprint density at radius 1 is 1.21 bits per heavy atom. The van der Waals surface area contributed by atoms with E-state index in [0.717, 1.165) is 16.9 Å². The molecule has 0 radical (unpaired) electrons. The lowest BCUT2D eigenvalue weighted by atomic mass is 10.1. The fourth-order valence-electron chi connectivity index (χ4n) is 2.00. The Balaban J connectivity index is 2.04. The first-order valence-corrected chi connectivity index (χ1v) is 6.78.